The van der Waals surface area contributed by atoms with Gasteiger partial charge in [-0.3, -0.25) is 19.4 Å². The fourth-order valence-corrected chi connectivity index (χ4v) is 2.57. The molecule has 0 saturated carbocycles. The SMILES string of the molecule is CCNC(=O)C(=O)NCC1CCN(C(=O)c2cccnc2)CC1. The molecule has 7 nitrogen and oxygen atoms in total. The number of nitrogens with zero attached hydrogens (tertiary/aromatic N) is 2. The molecule has 0 radical (unpaired) electrons. The normalized spacial score (nSPS) is 15.1. The van der Waals surface area contributed by atoms with Crippen molar-refractivity contribution in [3.63, 3.8) is 0 Å². The van der Waals surface area contributed by atoms with Crippen molar-refractivity contribution >= 4 is 17.7 Å². The van der Waals surface area contributed by atoms with Crippen molar-refractivity contribution in [1.82, 2.24) is 20.5 Å². The third kappa shape index (κ3) is 4.77. The van der Waals surface area contributed by atoms with E-state index in [9.17, 15) is 14.4 Å². The van der Waals surface area contributed by atoms with Gasteiger partial charge in [-0.1, -0.05) is 0 Å². The topological polar surface area (TPSA) is 91.4 Å². The fraction of sp³-hybridized carbons (Fsp3) is 0.500. The van der Waals surface area contributed by atoms with E-state index in [0.717, 1.165) is 12.8 Å². The summed E-state index contributed by atoms with van der Waals surface area (Å²) in [4.78, 5) is 40.9. The van der Waals surface area contributed by atoms with Crippen LogP contribution in [-0.2, 0) is 9.59 Å². The van der Waals surface area contributed by atoms with Crippen molar-refractivity contribution in [2.45, 2.75) is 19.8 Å². The Balaban J connectivity index is 1.75. The van der Waals surface area contributed by atoms with Crippen LogP contribution in [0.15, 0.2) is 24.5 Å². The summed E-state index contributed by atoms with van der Waals surface area (Å²) in [6, 6.07) is 3.50. The van der Waals surface area contributed by atoms with Crippen molar-refractivity contribution in [3.8, 4) is 0 Å². The number of hydrogen-bond acceptors (Lipinski definition) is 4. The van der Waals surface area contributed by atoms with Gasteiger partial charge in [0.05, 0.1) is 5.56 Å². The lowest BCUT2D eigenvalue weighted by molar-refractivity contribution is -0.139. The van der Waals surface area contributed by atoms with Crippen molar-refractivity contribution in [3.05, 3.63) is 30.1 Å². The molecule has 0 spiro atoms. The molecule has 124 valence electrons. The average molecular weight is 318 g/mol. The van der Waals surface area contributed by atoms with Crippen LogP contribution in [0, 0.1) is 5.92 Å². The van der Waals surface area contributed by atoms with Crippen LogP contribution in [0.1, 0.15) is 30.1 Å². The predicted octanol–water partition coefficient (Wildman–Crippen LogP) is 0.186. The largest absolute Gasteiger partial charge is 0.348 e. The first-order chi connectivity index (χ1) is 11.1. The van der Waals surface area contributed by atoms with E-state index in [0.29, 0.717) is 31.7 Å². The summed E-state index contributed by atoms with van der Waals surface area (Å²) in [6.07, 6.45) is 4.82. The smallest absolute Gasteiger partial charge is 0.309 e. The molecule has 3 amide bonds. The van der Waals surface area contributed by atoms with E-state index < -0.39 is 11.8 Å². The average Bonchev–Trinajstić information content (AvgIpc) is 2.60. The van der Waals surface area contributed by atoms with Gasteiger partial charge >= 0.3 is 11.8 Å². The monoisotopic (exact) mass is 318 g/mol. The second-order valence-corrected chi connectivity index (χ2v) is 5.55. The number of carbonyl (C=O) groups excluding carboxylic acids is 3. The zero-order chi connectivity index (χ0) is 16.7. The predicted molar refractivity (Wildman–Crippen MR) is 84.6 cm³/mol. The first kappa shape index (κ1) is 16.9. The highest BCUT2D eigenvalue weighted by atomic mass is 16.2. The Morgan fingerprint density at radius 3 is 2.52 bits per heavy atom. The van der Waals surface area contributed by atoms with Crippen LogP contribution in [-0.4, -0.2) is 53.8 Å². The molecule has 2 N–H and O–H groups in total. The molecule has 0 bridgehead atoms. The first-order valence-electron chi connectivity index (χ1n) is 7.87. The lowest BCUT2D eigenvalue weighted by Crippen LogP contribution is -2.44. The highest BCUT2D eigenvalue weighted by Crippen LogP contribution is 2.18. The Hall–Kier alpha value is -2.44. The zero-order valence-electron chi connectivity index (χ0n) is 13.2. The number of aromatic nitrogens is 1. The van der Waals surface area contributed by atoms with Gasteiger partial charge in [0.2, 0.25) is 0 Å². The second-order valence-electron chi connectivity index (χ2n) is 5.55. The van der Waals surface area contributed by atoms with Crippen molar-refractivity contribution in [2.24, 2.45) is 5.92 Å². The van der Waals surface area contributed by atoms with E-state index >= 15 is 0 Å². The standard InChI is InChI=1S/C16H22N4O3/c1-2-18-14(21)15(22)19-10-12-5-8-20(9-6-12)16(23)13-4-3-7-17-11-13/h3-4,7,11-12H,2,5-6,8-10H2,1H3,(H,18,21)(H,19,22). The number of pyridine rings is 1. The summed E-state index contributed by atoms with van der Waals surface area (Å²) in [5.41, 5.74) is 0.593. The summed E-state index contributed by atoms with van der Waals surface area (Å²) in [5.74, 6) is -0.924. The number of carbonyl (C=O) groups is 3. The summed E-state index contributed by atoms with van der Waals surface area (Å²) in [5, 5.41) is 5.11. The van der Waals surface area contributed by atoms with Crippen molar-refractivity contribution in [1.29, 1.82) is 0 Å². The fourth-order valence-electron chi connectivity index (χ4n) is 2.57. The van der Waals surface area contributed by atoms with Gasteiger partial charge in [-0.2, -0.15) is 0 Å². The highest BCUT2D eigenvalue weighted by Gasteiger charge is 2.24. The summed E-state index contributed by atoms with van der Waals surface area (Å²) in [7, 11) is 0. The molecule has 1 saturated heterocycles. The van der Waals surface area contributed by atoms with E-state index in [1.165, 1.54) is 0 Å². The van der Waals surface area contributed by atoms with Gasteiger partial charge in [0, 0.05) is 38.6 Å². The Morgan fingerprint density at radius 2 is 1.91 bits per heavy atom. The lowest BCUT2D eigenvalue weighted by atomic mass is 9.96. The van der Waals surface area contributed by atoms with Crippen molar-refractivity contribution in [2.75, 3.05) is 26.2 Å². The number of piperidine rings is 1. The molecule has 0 aromatic carbocycles. The third-order valence-corrected chi connectivity index (χ3v) is 3.91. The molecule has 0 aliphatic carbocycles. The van der Waals surface area contributed by atoms with Gasteiger partial charge in [0.25, 0.3) is 5.91 Å². The van der Waals surface area contributed by atoms with Crippen LogP contribution in [0.5, 0.6) is 0 Å². The first-order valence-corrected chi connectivity index (χ1v) is 7.87. The molecule has 7 heteroatoms. The summed E-state index contributed by atoms with van der Waals surface area (Å²) in [6.45, 7) is 3.96. The van der Waals surface area contributed by atoms with Crippen LogP contribution in [0.25, 0.3) is 0 Å². The van der Waals surface area contributed by atoms with Crippen LogP contribution in [0.3, 0.4) is 0 Å². The van der Waals surface area contributed by atoms with Crippen LogP contribution in [0.2, 0.25) is 0 Å². The lowest BCUT2D eigenvalue weighted by Gasteiger charge is -2.32. The van der Waals surface area contributed by atoms with Crippen LogP contribution < -0.4 is 10.6 Å². The summed E-state index contributed by atoms with van der Waals surface area (Å²) < 4.78 is 0. The number of nitrogens with one attached hydrogen (secondary N) is 2. The third-order valence-electron chi connectivity index (χ3n) is 3.91. The van der Waals surface area contributed by atoms with E-state index in [4.69, 9.17) is 0 Å². The number of hydrogen-bond donors (Lipinski definition) is 2. The van der Waals surface area contributed by atoms with Gasteiger partial charge in [-0.25, -0.2) is 0 Å². The molecule has 1 aliphatic heterocycles. The quantitative estimate of drug-likeness (QED) is 0.775. The Bertz CT molecular complexity index is 554. The maximum Gasteiger partial charge on any atom is 0.309 e. The number of amides is 3. The molecule has 1 aliphatic rings. The van der Waals surface area contributed by atoms with Gasteiger partial charge in [0.1, 0.15) is 0 Å². The van der Waals surface area contributed by atoms with Crippen LogP contribution in [0.4, 0.5) is 0 Å². The van der Waals surface area contributed by atoms with E-state index in [1.807, 2.05) is 0 Å². The zero-order valence-corrected chi connectivity index (χ0v) is 13.2. The minimum atomic E-state index is -0.600. The van der Waals surface area contributed by atoms with Gasteiger partial charge in [0.15, 0.2) is 0 Å². The molecular formula is C16H22N4O3. The highest BCUT2D eigenvalue weighted by molar-refractivity contribution is 6.35. The molecule has 1 aromatic rings. The number of likely N-dealkylation sites (N-methyl/N-ethyl adjacent to an activating group) is 1. The molecule has 1 fully saturated rings. The van der Waals surface area contributed by atoms with E-state index in [1.54, 1.807) is 36.4 Å². The molecule has 2 rings (SSSR count). The summed E-state index contributed by atoms with van der Waals surface area (Å²) >= 11 is 0. The van der Waals surface area contributed by atoms with Gasteiger partial charge in [-0.15, -0.1) is 0 Å². The minimum absolute atomic E-state index is 0.0112. The molecular weight excluding hydrogens is 296 g/mol. The van der Waals surface area contributed by atoms with E-state index in [2.05, 4.69) is 15.6 Å². The molecule has 2 heterocycles. The molecule has 1 aromatic heterocycles. The molecule has 23 heavy (non-hydrogen) atoms. The minimum Gasteiger partial charge on any atom is -0.348 e. The molecule has 0 unspecified atom stereocenters. The number of likely N-dealkylation sites (tertiary alicyclic amines) is 1. The Labute approximate surface area is 135 Å². The Kier molecular flexibility index (Phi) is 6.08. The number of rotatable bonds is 4. The van der Waals surface area contributed by atoms with Gasteiger partial charge in [-0.05, 0) is 37.8 Å². The van der Waals surface area contributed by atoms with Gasteiger partial charge < -0.3 is 15.5 Å². The van der Waals surface area contributed by atoms with E-state index in [-0.39, 0.29) is 11.8 Å². The maximum absolute atomic E-state index is 12.3. The second kappa shape index (κ2) is 8.26. The van der Waals surface area contributed by atoms with Crippen molar-refractivity contribution < 1.29 is 14.4 Å². The maximum atomic E-state index is 12.3. The van der Waals surface area contributed by atoms with Crippen LogP contribution >= 0.6 is 0 Å². The Morgan fingerprint density at radius 1 is 1.22 bits per heavy atom. The molecule has 0 atom stereocenters.